The molecule has 1 aromatic carbocycles. The summed E-state index contributed by atoms with van der Waals surface area (Å²) in [4.78, 5) is 37.5. The van der Waals surface area contributed by atoms with Gasteiger partial charge < -0.3 is 10.4 Å². The second-order valence-electron chi connectivity index (χ2n) is 5.85. The van der Waals surface area contributed by atoms with Gasteiger partial charge in [0.25, 0.3) is 11.8 Å². The first-order valence-electron chi connectivity index (χ1n) is 7.60. The van der Waals surface area contributed by atoms with E-state index < -0.39 is 23.3 Å². The zero-order valence-corrected chi connectivity index (χ0v) is 14.6. The second kappa shape index (κ2) is 7.16. The molecule has 2 aliphatic rings. The zero-order chi connectivity index (χ0) is 17.2. The van der Waals surface area contributed by atoms with Gasteiger partial charge >= 0.3 is 0 Å². The molecule has 1 aromatic rings. The van der Waals surface area contributed by atoms with Gasteiger partial charge in [0.15, 0.2) is 0 Å². The monoisotopic (exact) mass is 366 g/mol. The average molecular weight is 366 g/mol. The number of amides is 3. The Hall–Kier alpha value is -1.51. The number of aliphatic hydroxyl groups is 1. The summed E-state index contributed by atoms with van der Waals surface area (Å²) >= 11 is 3.32. The fourth-order valence-electron chi connectivity index (χ4n) is 2.63. The molecule has 128 valence electrons. The summed E-state index contributed by atoms with van der Waals surface area (Å²) in [5.74, 6) is 1.74. The SMILES string of the molecule is O=C(CN1C(=O)c2ccccc2C1=O)NCC1(O)CSCCSC1. The fourth-order valence-corrected chi connectivity index (χ4v) is 5.16. The van der Waals surface area contributed by atoms with Crippen molar-refractivity contribution in [2.24, 2.45) is 0 Å². The van der Waals surface area contributed by atoms with E-state index in [9.17, 15) is 19.5 Å². The van der Waals surface area contributed by atoms with Crippen LogP contribution >= 0.6 is 23.5 Å². The zero-order valence-electron chi connectivity index (χ0n) is 13.0. The van der Waals surface area contributed by atoms with Crippen molar-refractivity contribution in [2.75, 3.05) is 36.1 Å². The minimum Gasteiger partial charge on any atom is -0.386 e. The van der Waals surface area contributed by atoms with Crippen molar-refractivity contribution in [3.63, 3.8) is 0 Å². The number of nitrogens with one attached hydrogen (secondary N) is 1. The Morgan fingerprint density at radius 3 is 2.21 bits per heavy atom. The molecule has 2 aliphatic heterocycles. The summed E-state index contributed by atoms with van der Waals surface area (Å²) in [6.07, 6.45) is 0. The summed E-state index contributed by atoms with van der Waals surface area (Å²) < 4.78 is 0. The second-order valence-corrected chi connectivity index (χ2v) is 8.06. The van der Waals surface area contributed by atoms with Crippen LogP contribution in [0.1, 0.15) is 20.7 Å². The van der Waals surface area contributed by atoms with E-state index in [1.54, 1.807) is 47.8 Å². The maximum atomic E-state index is 12.2. The van der Waals surface area contributed by atoms with Crippen molar-refractivity contribution in [3.8, 4) is 0 Å². The molecule has 0 spiro atoms. The predicted molar refractivity (Wildman–Crippen MR) is 94.4 cm³/mol. The summed E-state index contributed by atoms with van der Waals surface area (Å²) in [7, 11) is 0. The van der Waals surface area contributed by atoms with E-state index in [0.29, 0.717) is 22.6 Å². The average Bonchev–Trinajstić information content (AvgIpc) is 2.74. The van der Waals surface area contributed by atoms with Crippen LogP contribution in [0.2, 0.25) is 0 Å². The van der Waals surface area contributed by atoms with Gasteiger partial charge in [-0.2, -0.15) is 23.5 Å². The van der Waals surface area contributed by atoms with E-state index in [1.165, 1.54) is 0 Å². The van der Waals surface area contributed by atoms with E-state index in [0.717, 1.165) is 16.4 Å². The van der Waals surface area contributed by atoms with Crippen LogP contribution in [0.15, 0.2) is 24.3 Å². The highest BCUT2D eigenvalue weighted by Gasteiger charge is 2.36. The molecule has 2 heterocycles. The molecule has 3 rings (SSSR count). The van der Waals surface area contributed by atoms with Gasteiger partial charge in [0, 0.05) is 29.6 Å². The van der Waals surface area contributed by atoms with Gasteiger partial charge in [-0.05, 0) is 12.1 Å². The standard InChI is InChI=1S/C16H18N2O4S2/c19-13(17-8-16(22)9-23-5-6-24-10-16)7-18-14(20)11-3-1-2-4-12(11)15(18)21/h1-4,22H,5-10H2,(H,17,19). The number of hydrogen-bond donors (Lipinski definition) is 2. The van der Waals surface area contributed by atoms with Crippen molar-refractivity contribution in [1.29, 1.82) is 0 Å². The van der Waals surface area contributed by atoms with Gasteiger partial charge in [-0.15, -0.1) is 0 Å². The van der Waals surface area contributed by atoms with Crippen molar-refractivity contribution in [1.82, 2.24) is 10.2 Å². The molecule has 0 aliphatic carbocycles. The van der Waals surface area contributed by atoms with E-state index in [4.69, 9.17) is 0 Å². The number of hydrogen-bond acceptors (Lipinski definition) is 6. The smallest absolute Gasteiger partial charge is 0.262 e. The van der Waals surface area contributed by atoms with Crippen LogP contribution in [0.3, 0.4) is 0 Å². The number of nitrogens with zero attached hydrogens (tertiary/aromatic N) is 1. The van der Waals surface area contributed by atoms with Crippen molar-refractivity contribution < 1.29 is 19.5 Å². The lowest BCUT2D eigenvalue weighted by Gasteiger charge is -2.26. The molecular weight excluding hydrogens is 348 g/mol. The van der Waals surface area contributed by atoms with E-state index in [1.807, 2.05) is 0 Å². The Morgan fingerprint density at radius 1 is 1.12 bits per heavy atom. The Kier molecular flexibility index (Phi) is 5.17. The van der Waals surface area contributed by atoms with Crippen LogP contribution in [-0.4, -0.2) is 69.4 Å². The molecule has 1 fully saturated rings. The molecule has 8 heteroatoms. The van der Waals surface area contributed by atoms with Crippen LogP contribution in [0.4, 0.5) is 0 Å². The molecule has 0 unspecified atom stereocenters. The molecule has 0 atom stereocenters. The largest absolute Gasteiger partial charge is 0.386 e. The number of rotatable bonds is 4. The lowest BCUT2D eigenvalue weighted by Crippen LogP contribution is -2.49. The fraction of sp³-hybridized carbons (Fsp3) is 0.438. The lowest BCUT2D eigenvalue weighted by atomic mass is 10.1. The number of fused-ring (bicyclic) bond motifs is 1. The van der Waals surface area contributed by atoms with Gasteiger partial charge in [-0.3, -0.25) is 19.3 Å². The molecule has 2 N–H and O–H groups in total. The van der Waals surface area contributed by atoms with Crippen LogP contribution in [0.5, 0.6) is 0 Å². The summed E-state index contributed by atoms with van der Waals surface area (Å²) in [6, 6.07) is 6.53. The van der Waals surface area contributed by atoms with Crippen molar-refractivity contribution in [3.05, 3.63) is 35.4 Å². The number of carbonyl (C=O) groups is 3. The molecule has 0 aromatic heterocycles. The minimum absolute atomic E-state index is 0.120. The predicted octanol–water partition coefficient (Wildman–Crippen LogP) is 0.610. The molecule has 3 amide bonds. The van der Waals surface area contributed by atoms with Crippen LogP contribution in [-0.2, 0) is 4.79 Å². The molecular formula is C16H18N2O4S2. The highest BCUT2D eigenvalue weighted by Crippen LogP contribution is 2.24. The third-order valence-electron chi connectivity index (χ3n) is 3.91. The number of imide groups is 1. The molecule has 1 saturated heterocycles. The minimum atomic E-state index is -0.955. The summed E-state index contributed by atoms with van der Waals surface area (Å²) in [5.41, 5.74) is -0.306. The molecule has 0 radical (unpaired) electrons. The van der Waals surface area contributed by atoms with Gasteiger partial charge in [-0.25, -0.2) is 0 Å². The quantitative estimate of drug-likeness (QED) is 0.760. The van der Waals surface area contributed by atoms with Crippen LogP contribution in [0, 0.1) is 0 Å². The number of carbonyl (C=O) groups excluding carboxylic acids is 3. The maximum Gasteiger partial charge on any atom is 0.262 e. The Labute approximate surface area is 148 Å². The Morgan fingerprint density at radius 2 is 1.67 bits per heavy atom. The van der Waals surface area contributed by atoms with Gasteiger partial charge in [0.05, 0.1) is 16.7 Å². The summed E-state index contributed by atoms with van der Waals surface area (Å²) in [5, 5.41) is 13.2. The van der Waals surface area contributed by atoms with Gasteiger partial charge in [0.1, 0.15) is 6.54 Å². The maximum absolute atomic E-state index is 12.2. The van der Waals surface area contributed by atoms with Crippen molar-refractivity contribution in [2.45, 2.75) is 5.60 Å². The van der Waals surface area contributed by atoms with Crippen molar-refractivity contribution >= 4 is 41.2 Å². The summed E-state index contributed by atoms with van der Waals surface area (Å²) in [6.45, 7) is -0.211. The molecule has 0 bridgehead atoms. The first-order valence-corrected chi connectivity index (χ1v) is 9.91. The van der Waals surface area contributed by atoms with E-state index >= 15 is 0 Å². The van der Waals surface area contributed by atoms with Gasteiger partial charge in [0.2, 0.25) is 5.91 Å². The lowest BCUT2D eigenvalue weighted by molar-refractivity contribution is -0.122. The highest BCUT2D eigenvalue weighted by atomic mass is 32.2. The number of thioether (sulfide) groups is 2. The van der Waals surface area contributed by atoms with Gasteiger partial charge in [-0.1, -0.05) is 12.1 Å². The first-order chi connectivity index (χ1) is 11.5. The Bertz CT molecular complexity index is 637. The molecule has 6 nitrogen and oxygen atoms in total. The Balaban J connectivity index is 1.58. The third-order valence-corrected chi connectivity index (χ3v) is 6.63. The highest BCUT2D eigenvalue weighted by molar-refractivity contribution is 8.03. The van der Waals surface area contributed by atoms with Crippen LogP contribution in [0.25, 0.3) is 0 Å². The van der Waals surface area contributed by atoms with E-state index in [2.05, 4.69) is 5.32 Å². The third kappa shape index (κ3) is 3.60. The van der Waals surface area contributed by atoms with Crippen LogP contribution < -0.4 is 5.32 Å². The topological polar surface area (TPSA) is 86.7 Å². The normalized spacial score (nSPS) is 19.8. The molecule has 24 heavy (non-hydrogen) atoms. The first kappa shape index (κ1) is 17.3. The van der Waals surface area contributed by atoms with E-state index in [-0.39, 0.29) is 13.1 Å². The molecule has 0 saturated carbocycles. The number of benzene rings is 1.